The summed E-state index contributed by atoms with van der Waals surface area (Å²) < 4.78 is 0. The molecule has 0 unspecified atom stereocenters. The van der Waals surface area contributed by atoms with Crippen molar-refractivity contribution in [1.29, 1.82) is 0 Å². The average molecular weight is 323 g/mol. The Morgan fingerprint density at radius 3 is 2.09 bits per heavy atom. The maximum Gasteiger partial charge on any atom is 0.236 e. The highest BCUT2D eigenvalue weighted by molar-refractivity contribution is 5.81. The smallest absolute Gasteiger partial charge is 0.236 e. The van der Waals surface area contributed by atoms with Gasteiger partial charge in [-0.25, -0.2) is 0 Å². The molecular formula is C18H33N3O2. The molecule has 5 nitrogen and oxygen atoms in total. The van der Waals surface area contributed by atoms with Gasteiger partial charge in [-0.05, 0) is 31.6 Å². The first kappa shape index (κ1) is 18.2. The van der Waals surface area contributed by atoms with E-state index in [1.165, 1.54) is 0 Å². The summed E-state index contributed by atoms with van der Waals surface area (Å²) in [6.07, 6.45) is 4.14. The van der Waals surface area contributed by atoms with Gasteiger partial charge >= 0.3 is 0 Å². The van der Waals surface area contributed by atoms with Crippen LogP contribution in [0.2, 0.25) is 0 Å². The second-order valence-corrected chi connectivity index (χ2v) is 8.34. The summed E-state index contributed by atoms with van der Waals surface area (Å²) in [5.41, 5.74) is -0.335. The third-order valence-electron chi connectivity index (χ3n) is 5.10. The molecule has 0 aromatic rings. The van der Waals surface area contributed by atoms with Crippen LogP contribution in [-0.4, -0.2) is 60.4 Å². The van der Waals surface area contributed by atoms with Gasteiger partial charge in [-0.15, -0.1) is 0 Å². The van der Waals surface area contributed by atoms with Crippen LogP contribution < -0.4 is 5.32 Å². The molecule has 2 aliphatic rings. The number of hydrogen-bond acceptors (Lipinski definition) is 3. The molecule has 0 bridgehead atoms. The number of carbonyl (C=O) groups excluding carboxylic acids is 2. The summed E-state index contributed by atoms with van der Waals surface area (Å²) in [6, 6.07) is 0.254. The molecule has 0 aromatic carbocycles. The number of rotatable bonds is 3. The lowest BCUT2D eigenvalue weighted by atomic mass is 9.94. The van der Waals surface area contributed by atoms with Crippen molar-refractivity contribution in [3.63, 3.8) is 0 Å². The minimum Gasteiger partial charge on any atom is -0.353 e. The van der Waals surface area contributed by atoms with E-state index < -0.39 is 0 Å². The normalized spacial score (nSPS) is 22.2. The van der Waals surface area contributed by atoms with Crippen LogP contribution in [0.1, 0.15) is 53.4 Å². The second kappa shape index (κ2) is 7.65. The summed E-state index contributed by atoms with van der Waals surface area (Å²) in [4.78, 5) is 28.7. The largest absolute Gasteiger partial charge is 0.353 e. The van der Waals surface area contributed by atoms with Gasteiger partial charge in [0.25, 0.3) is 0 Å². The molecule has 2 saturated heterocycles. The van der Waals surface area contributed by atoms with Crippen LogP contribution in [0, 0.1) is 11.3 Å². The van der Waals surface area contributed by atoms with E-state index in [0.717, 1.165) is 57.8 Å². The van der Waals surface area contributed by atoms with Gasteiger partial charge in [-0.3, -0.25) is 14.5 Å². The molecule has 1 N–H and O–H groups in total. The summed E-state index contributed by atoms with van der Waals surface area (Å²) in [5.74, 6) is 1.14. The van der Waals surface area contributed by atoms with E-state index in [9.17, 15) is 9.59 Å². The summed E-state index contributed by atoms with van der Waals surface area (Å²) in [5, 5.41) is 3.14. The zero-order valence-electron chi connectivity index (χ0n) is 15.2. The number of carbonyl (C=O) groups is 2. The highest BCUT2D eigenvalue weighted by Crippen LogP contribution is 2.18. The quantitative estimate of drug-likeness (QED) is 0.863. The fourth-order valence-corrected chi connectivity index (χ4v) is 3.19. The van der Waals surface area contributed by atoms with Crippen LogP contribution in [-0.2, 0) is 9.59 Å². The highest BCUT2D eigenvalue weighted by atomic mass is 16.2. The van der Waals surface area contributed by atoms with Crippen molar-refractivity contribution in [2.75, 3.05) is 32.7 Å². The van der Waals surface area contributed by atoms with Gasteiger partial charge in [0, 0.05) is 37.6 Å². The Morgan fingerprint density at radius 2 is 1.57 bits per heavy atom. The van der Waals surface area contributed by atoms with E-state index in [1.807, 2.05) is 25.7 Å². The van der Waals surface area contributed by atoms with Crippen molar-refractivity contribution in [3.8, 4) is 0 Å². The fourth-order valence-electron chi connectivity index (χ4n) is 3.19. The first-order chi connectivity index (χ1) is 10.8. The first-order valence-corrected chi connectivity index (χ1v) is 9.07. The lowest BCUT2D eigenvalue weighted by Crippen LogP contribution is -2.50. The molecule has 132 valence electrons. The maximum atomic E-state index is 12.4. The number of amides is 2. The van der Waals surface area contributed by atoms with Crippen molar-refractivity contribution in [1.82, 2.24) is 15.1 Å². The van der Waals surface area contributed by atoms with Crippen molar-refractivity contribution in [2.24, 2.45) is 11.3 Å². The molecule has 0 saturated carbocycles. The average Bonchev–Trinajstić information content (AvgIpc) is 2.49. The van der Waals surface area contributed by atoms with Gasteiger partial charge in [-0.1, -0.05) is 27.7 Å². The molecule has 0 aliphatic carbocycles. The maximum absolute atomic E-state index is 12.4. The van der Waals surface area contributed by atoms with Crippen LogP contribution in [0.25, 0.3) is 0 Å². The molecule has 0 atom stereocenters. The number of piperidine rings is 2. The molecule has 2 aliphatic heterocycles. The Kier molecular flexibility index (Phi) is 6.06. The van der Waals surface area contributed by atoms with Gasteiger partial charge in [0.2, 0.25) is 11.8 Å². The van der Waals surface area contributed by atoms with Crippen molar-refractivity contribution >= 4 is 11.8 Å². The molecule has 5 heteroatoms. The molecule has 0 radical (unpaired) electrons. The summed E-state index contributed by atoms with van der Waals surface area (Å²) in [6.45, 7) is 12.2. The van der Waals surface area contributed by atoms with Crippen molar-refractivity contribution < 1.29 is 9.59 Å². The van der Waals surface area contributed by atoms with Crippen molar-refractivity contribution in [3.05, 3.63) is 0 Å². The fraction of sp³-hybridized carbons (Fsp3) is 0.889. The number of nitrogens with zero attached hydrogens (tertiary/aromatic N) is 2. The Bertz CT molecular complexity index is 414. The lowest BCUT2D eigenvalue weighted by molar-refractivity contribution is -0.134. The van der Waals surface area contributed by atoms with E-state index in [1.54, 1.807) is 0 Å². The van der Waals surface area contributed by atoms with Crippen LogP contribution in [0.4, 0.5) is 0 Å². The molecule has 23 heavy (non-hydrogen) atoms. The third-order valence-corrected chi connectivity index (χ3v) is 5.10. The topological polar surface area (TPSA) is 52.7 Å². The van der Waals surface area contributed by atoms with Gasteiger partial charge in [-0.2, -0.15) is 0 Å². The van der Waals surface area contributed by atoms with Gasteiger partial charge in [0.05, 0.1) is 6.54 Å². The van der Waals surface area contributed by atoms with Gasteiger partial charge in [0.1, 0.15) is 0 Å². The molecule has 0 aromatic heterocycles. The second-order valence-electron chi connectivity index (χ2n) is 8.34. The minimum absolute atomic E-state index is 0.120. The third kappa shape index (κ3) is 5.48. The summed E-state index contributed by atoms with van der Waals surface area (Å²) in [7, 11) is 0. The van der Waals surface area contributed by atoms with E-state index in [-0.39, 0.29) is 23.3 Å². The molecule has 2 heterocycles. The Morgan fingerprint density at radius 1 is 1.00 bits per heavy atom. The van der Waals surface area contributed by atoms with E-state index >= 15 is 0 Å². The highest BCUT2D eigenvalue weighted by Gasteiger charge is 2.28. The molecular weight excluding hydrogens is 290 g/mol. The summed E-state index contributed by atoms with van der Waals surface area (Å²) >= 11 is 0. The Hall–Kier alpha value is -1.10. The lowest BCUT2D eigenvalue weighted by Gasteiger charge is -2.36. The zero-order valence-corrected chi connectivity index (χ0v) is 15.2. The van der Waals surface area contributed by atoms with Gasteiger partial charge < -0.3 is 10.2 Å². The number of hydrogen-bond donors (Lipinski definition) is 1. The van der Waals surface area contributed by atoms with Crippen LogP contribution in [0.15, 0.2) is 0 Å². The van der Waals surface area contributed by atoms with E-state index in [0.29, 0.717) is 6.54 Å². The minimum atomic E-state index is -0.335. The van der Waals surface area contributed by atoms with E-state index in [4.69, 9.17) is 0 Å². The predicted octanol–water partition coefficient (Wildman–Crippen LogP) is 1.87. The molecule has 0 spiro atoms. The Labute approximate surface area is 140 Å². The predicted molar refractivity (Wildman–Crippen MR) is 92.0 cm³/mol. The molecule has 2 rings (SSSR count). The van der Waals surface area contributed by atoms with Crippen molar-refractivity contribution in [2.45, 2.75) is 59.4 Å². The van der Waals surface area contributed by atoms with Crippen LogP contribution in [0.3, 0.4) is 0 Å². The van der Waals surface area contributed by atoms with Crippen LogP contribution in [0.5, 0.6) is 0 Å². The van der Waals surface area contributed by atoms with Crippen LogP contribution >= 0.6 is 0 Å². The number of likely N-dealkylation sites (tertiary alicyclic amines) is 2. The molecule has 2 fully saturated rings. The van der Waals surface area contributed by atoms with Gasteiger partial charge in [0.15, 0.2) is 0 Å². The van der Waals surface area contributed by atoms with E-state index in [2.05, 4.69) is 17.1 Å². The standard InChI is InChI=1S/C18H33N3O2/c1-14-5-11-21(12-6-14)16(22)13-20-9-7-15(8-10-20)19-17(23)18(2,3)4/h14-15H,5-13H2,1-4H3,(H,19,23). The number of nitrogens with one attached hydrogen (secondary N) is 1. The SMILES string of the molecule is CC1CCN(C(=O)CN2CCC(NC(=O)C(C)(C)C)CC2)CC1. The monoisotopic (exact) mass is 323 g/mol. The first-order valence-electron chi connectivity index (χ1n) is 9.07. The molecule has 2 amide bonds. The Balaban J connectivity index is 1.70. The zero-order chi connectivity index (χ0) is 17.0.